The fraction of sp³-hybridized carbons (Fsp3) is 0.737. The highest BCUT2D eigenvalue weighted by molar-refractivity contribution is 5.76. The minimum atomic E-state index is 0.0807. The topological polar surface area (TPSA) is 58.4 Å². The molecule has 1 amide bonds. The molecule has 0 spiro atoms. The third-order valence-corrected chi connectivity index (χ3v) is 5.59. The predicted octanol–water partition coefficient (Wildman–Crippen LogP) is 1.67. The Morgan fingerprint density at radius 1 is 1.08 bits per heavy atom. The van der Waals surface area contributed by atoms with E-state index >= 15 is 0 Å². The molecular formula is C19H30N4O2. The third-order valence-electron chi connectivity index (χ3n) is 5.59. The van der Waals surface area contributed by atoms with Gasteiger partial charge in [0.15, 0.2) is 0 Å². The number of piperidine rings is 1. The first-order valence-electron chi connectivity index (χ1n) is 9.64. The highest BCUT2D eigenvalue weighted by atomic mass is 16.2. The third kappa shape index (κ3) is 4.91. The van der Waals surface area contributed by atoms with Crippen molar-refractivity contribution in [1.29, 1.82) is 0 Å². The van der Waals surface area contributed by atoms with Crippen molar-refractivity contribution < 1.29 is 4.79 Å². The summed E-state index contributed by atoms with van der Waals surface area (Å²) < 4.78 is 1.76. The molecule has 2 fully saturated rings. The van der Waals surface area contributed by atoms with Crippen molar-refractivity contribution in [3.8, 4) is 0 Å². The summed E-state index contributed by atoms with van der Waals surface area (Å²) >= 11 is 0. The molecule has 0 saturated carbocycles. The van der Waals surface area contributed by atoms with Crippen LogP contribution in [0, 0.1) is 12.8 Å². The van der Waals surface area contributed by atoms with E-state index in [4.69, 9.17) is 0 Å². The lowest BCUT2D eigenvalue weighted by Crippen LogP contribution is -2.42. The summed E-state index contributed by atoms with van der Waals surface area (Å²) in [7, 11) is 0. The van der Waals surface area contributed by atoms with Crippen LogP contribution in [0.5, 0.6) is 0 Å². The summed E-state index contributed by atoms with van der Waals surface area (Å²) in [6.07, 6.45) is 9.60. The first-order chi connectivity index (χ1) is 12.1. The van der Waals surface area contributed by atoms with Crippen LogP contribution in [-0.2, 0) is 11.3 Å². The Kier molecular flexibility index (Phi) is 6.24. The van der Waals surface area contributed by atoms with E-state index in [9.17, 15) is 9.59 Å². The summed E-state index contributed by atoms with van der Waals surface area (Å²) in [4.78, 5) is 32.8. The molecule has 0 unspecified atom stereocenters. The van der Waals surface area contributed by atoms with Crippen molar-refractivity contribution in [3.05, 3.63) is 28.4 Å². The smallest absolute Gasteiger partial charge is 0.256 e. The average Bonchev–Trinajstić information content (AvgIpc) is 2.82. The molecule has 3 rings (SSSR count). The van der Waals surface area contributed by atoms with Gasteiger partial charge in [-0.05, 0) is 51.6 Å². The number of amides is 1. The van der Waals surface area contributed by atoms with Gasteiger partial charge in [0.1, 0.15) is 0 Å². The van der Waals surface area contributed by atoms with Gasteiger partial charge in [0.25, 0.3) is 5.56 Å². The van der Waals surface area contributed by atoms with Gasteiger partial charge >= 0.3 is 0 Å². The van der Waals surface area contributed by atoms with Gasteiger partial charge in [-0.2, -0.15) is 0 Å². The Morgan fingerprint density at radius 3 is 2.68 bits per heavy atom. The van der Waals surface area contributed by atoms with Gasteiger partial charge in [-0.15, -0.1) is 0 Å². The zero-order valence-corrected chi connectivity index (χ0v) is 15.3. The van der Waals surface area contributed by atoms with Crippen LogP contribution in [0.15, 0.2) is 17.3 Å². The molecule has 0 atom stereocenters. The van der Waals surface area contributed by atoms with Crippen molar-refractivity contribution in [3.63, 3.8) is 0 Å². The number of aromatic nitrogens is 2. The number of likely N-dealkylation sites (tertiary alicyclic amines) is 2. The lowest BCUT2D eigenvalue weighted by Gasteiger charge is -2.33. The van der Waals surface area contributed by atoms with Crippen molar-refractivity contribution >= 4 is 5.91 Å². The molecule has 138 valence electrons. The van der Waals surface area contributed by atoms with Crippen LogP contribution < -0.4 is 5.56 Å². The monoisotopic (exact) mass is 346 g/mol. The number of hydrogen-bond donors (Lipinski definition) is 0. The Hall–Kier alpha value is -1.69. The van der Waals surface area contributed by atoms with E-state index in [1.165, 1.54) is 6.42 Å². The van der Waals surface area contributed by atoms with Gasteiger partial charge < -0.3 is 9.80 Å². The number of carbonyl (C=O) groups excluding carboxylic acids is 1. The molecule has 25 heavy (non-hydrogen) atoms. The van der Waals surface area contributed by atoms with Crippen molar-refractivity contribution in [1.82, 2.24) is 19.4 Å². The van der Waals surface area contributed by atoms with Gasteiger partial charge in [0.2, 0.25) is 5.91 Å². The molecule has 6 nitrogen and oxygen atoms in total. The Morgan fingerprint density at radius 2 is 1.88 bits per heavy atom. The average molecular weight is 346 g/mol. The summed E-state index contributed by atoms with van der Waals surface area (Å²) in [6, 6.07) is 0. The van der Waals surface area contributed by atoms with Crippen LogP contribution in [0.4, 0.5) is 0 Å². The normalized spacial score (nSPS) is 20.7. The standard InChI is InChI=1S/C19H30N4O2/c1-16-13-20-15-23(19(16)25)14-17-6-9-21(10-7-17)11-12-22-8-4-2-3-5-18(22)24/h13,15,17H,2-12,14H2,1H3. The van der Waals surface area contributed by atoms with Gasteiger partial charge in [0, 0.05) is 44.4 Å². The molecule has 2 aliphatic rings. The number of rotatable bonds is 5. The maximum atomic E-state index is 12.1. The maximum absolute atomic E-state index is 12.1. The van der Waals surface area contributed by atoms with Crippen LogP contribution in [0.3, 0.4) is 0 Å². The molecule has 0 aromatic carbocycles. The molecular weight excluding hydrogens is 316 g/mol. The molecule has 0 radical (unpaired) electrons. The van der Waals surface area contributed by atoms with Crippen LogP contribution in [0.2, 0.25) is 0 Å². The lowest BCUT2D eigenvalue weighted by molar-refractivity contribution is -0.130. The molecule has 0 bridgehead atoms. The Balaban J connectivity index is 1.43. The largest absolute Gasteiger partial charge is 0.341 e. The molecule has 0 N–H and O–H groups in total. The van der Waals surface area contributed by atoms with Crippen molar-refractivity contribution in [2.24, 2.45) is 5.92 Å². The number of aryl methyl sites for hydroxylation is 1. The Labute approximate surface area is 149 Å². The molecule has 3 heterocycles. The summed E-state index contributed by atoms with van der Waals surface area (Å²) in [5.41, 5.74) is 0.791. The minimum Gasteiger partial charge on any atom is -0.341 e. The van der Waals surface area contributed by atoms with E-state index in [-0.39, 0.29) is 5.56 Å². The molecule has 1 aromatic heterocycles. The minimum absolute atomic E-state index is 0.0807. The summed E-state index contributed by atoms with van der Waals surface area (Å²) in [6.45, 7) is 7.47. The molecule has 6 heteroatoms. The van der Waals surface area contributed by atoms with E-state index in [2.05, 4.69) is 14.8 Å². The van der Waals surface area contributed by atoms with Gasteiger partial charge in [-0.3, -0.25) is 14.2 Å². The fourth-order valence-electron chi connectivity index (χ4n) is 3.90. The molecule has 2 aliphatic heterocycles. The van der Waals surface area contributed by atoms with Gasteiger partial charge in [0.05, 0.1) is 6.33 Å². The highest BCUT2D eigenvalue weighted by Gasteiger charge is 2.22. The zero-order valence-electron chi connectivity index (χ0n) is 15.3. The molecule has 1 aromatic rings. The number of carbonyl (C=O) groups is 1. The van der Waals surface area contributed by atoms with E-state index in [0.717, 1.165) is 71.4 Å². The molecule has 0 aliphatic carbocycles. The SMILES string of the molecule is Cc1cncn(CC2CCN(CCN3CCCCCC3=O)CC2)c1=O. The Bertz CT molecular complexity index is 635. The quantitative estimate of drug-likeness (QED) is 0.814. The predicted molar refractivity (Wildman–Crippen MR) is 97.4 cm³/mol. The van der Waals surface area contributed by atoms with Crippen LogP contribution in [0.1, 0.15) is 44.1 Å². The lowest BCUT2D eigenvalue weighted by atomic mass is 9.96. The van der Waals surface area contributed by atoms with E-state index < -0.39 is 0 Å². The summed E-state index contributed by atoms with van der Waals surface area (Å²) in [5, 5.41) is 0. The van der Waals surface area contributed by atoms with Crippen LogP contribution in [0.25, 0.3) is 0 Å². The van der Waals surface area contributed by atoms with Crippen LogP contribution in [-0.4, -0.2) is 58.0 Å². The first-order valence-corrected chi connectivity index (χ1v) is 9.64. The maximum Gasteiger partial charge on any atom is 0.256 e. The van der Waals surface area contributed by atoms with Crippen LogP contribution >= 0.6 is 0 Å². The van der Waals surface area contributed by atoms with E-state index in [1.54, 1.807) is 17.1 Å². The van der Waals surface area contributed by atoms with Gasteiger partial charge in [-0.25, -0.2) is 4.98 Å². The second-order valence-corrected chi connectivity index (χ2v) is 7.51. The first kappa shape index (κ1) is 18.1. The van der Waals surface area contributed by atoms with Gasteiger partial charge in [-0.1, -0.05) is 6.42 Å². The second kappa shape index (κ2) is 8.61. The fourth-order valence-corrected chi connectivity index (χ4v) is 3.90. The highest BCUT2D eigenvalue weighted by Crippen LogP contribution is 2.19. The van der Waals surface area contributed by atoms with E-state index in [1.807, 2.05) is 6.92 Å². The second-order valence-electron chi connectivity index (χ2n) is 7.51. The zero-order chi connectivity index (χ0) is 17.6. The molecule has 2 saturated heterocycles. The van der Waals surface area contributed by atoms with Crippen molar-refractivity contribution in [2.45, 2.75) is 52.0 Å². The van der Waals surface area contributed by atoms with Crippen molar-refractivity contribution in [2.75, 3.05) is 32.7 Å². The summed E-state index contributed by atoms with van der Waals surface area (Å²) in [5.74, 6) is 0.871. The number of nitrogens with zero attached hydrogens (tertiary/aromatic N) is 4. The van der Waals surface area contributed by atoms with E-state index in [0.29, 0.717) is 17.4 Å². The number of hydrogen-bond acceptors (Lipinski definition) is 4.